The second-order valence-electron chi connectivity index (χ2n) is 3.71. The molecular weight excluding hydrogens is 160 g/mol. The molecule has 0 amide bonds. The maximum Gasteiger partial charge on any atom is 0.0208 e. The number of nitrogens with zero attached hydrogens (tertiary/aromatic N) is 1. The molecule has 1 rings (SSSR count). The van der Waals surface area contributed by atoms with Crippen molar-refractivity contribution in [1.29, 1.82) is 0 Å². The van der Waals surface area contributed by atoms with Crippen LogP contribution >= 0.6 is 0 Å². The highest BCUT2D eigenvalue weighted by Gasteiger charge is 2.04. The van der Waals surface area contributed by atoms with Crippen molar-refractivity contribution in [3.8, 4) is 0 Å². The lowest BCUT2D eigenvalue weighted by Gasteiger charge is -2.16. The summed E-state index contributed by atoms with van der Waals surface area (Å²) in [6.45, 7) is 0.939. The number of rotatable bonds is 4. The van der Waals surface area contributed by atoms with E-state index >= 15 is 0 Å². The minimum Gasteiger partial charge on any atom is -0.326 e. The number of nitrogens with two attached hydrogens (primary N) is 1. The molecule has 2 N–H and O–H groups in total. The average Bonchev–Trinajstić information content (AvgIpc) is 2.04. The monoisotopic (exact) mass is 178 g/mol. The van der Waals surface area contributed by atoms with E-state index in [1.807, 2.05) is 20.2 Å². The third kappa shape index (κ3) is 4.06. The summed E-state index contributed by atoms with van der Waals surface area (Å²) < 4.78 is 0. The molecule has 13 heavy (non-hydrogen) atoms. The first kappa shape index (κ1) is 10.2. The van der Waals surface area contributed by atoms with Crippen molar-refractivity contribution in [2.45, 2.75) is 12.5 Å². The molecule has 2 nitrogen and oxygen atoms in total. The normalized spacial score (nSPS) is 13.2. The molecule has 0 spiro atoms. The maximum absolute atomic E-state index is 5.96. The summed E-state index contributed by atoms with van der Waals surface area (Å²) in [6.07, 6.45) is 0.957. The van der Waals surface area contributed by atoms with E-state index in [1.54, 1.807) is 0 Å². The van der Waals surface area contributed by atoms with E-state index in [0.29, 0.717) is 0 Å². The van der Waals surface area contributed by atoms with Gasteiger partial charge in [-0.15, -0.1) is 0 Å². The van der Waals surface area contributed by atoms with Gasteiger partial charge in [-0.3, -0.25) is 0 Å². The van der Waals surface area contributed by atoms with Crippen LogP contribution in [0.25, 0.3) is 0 Å². The number of likely N-dealkylation sites (N-methyl/N-ethyl adjacent to an activating group) is 1. The van der Waals surface area contributed by atoms with Crippen LogP contribution in [-0.4, -0.2) is 31.6 Å². The van der Waals surface area contributed by atoms with E-state index in [2.05, 4.69) is 29.2 Å². The van der Waals surface area contributed by atoms with Crippen molar-refractivity contribution in [3.63, 3.8) is 0 Å². The molecule has 0 fully saturated rings. The Hall–Kier alpha value is -0.860. The summed E-state index contributed by atoms with van der Waals surface area (Å²) in [7, 11) is 4.09. The quantitative estimate of drug-likeness (QED) is 0.748. The van der Waals surface area contributed by atoms with Gasteiger partial charge >= 0.3 is 0 Å². The fourth-order valence-corrected chi connectivity index (χ4v) is 1.45. The van der Waals surface area contributed by atoms with Crippen LogP contribution in [-0.2, 0) is 6.42 Å². The van der Waals surface area contributed by atoms with E-state index in [9.17, 15) is 0 Å². The molecule has 72 valence electrons. The van der Waals surface area contributed by atoms with Crippen molar-refractivity contribution in [3.05, 3.63) is 35.9 Å². The maximum atomic E-state index is 5.96. The third-order valence-corrected chi connectivity index (χ3v) is 1.94. The van der Waals surface area contributed by atoms with Gasteiger partial charge < -0.3 is 10.6 Å². The predicted octanol–water partition coefficient (Wildman–Crippen LogP) is 1.12. The number of benzene rings is 1. The van der Waals surface area contributed by atoms with Crippen LogP contribution in [0.2, 0.25) is 0 Å². The van der Waals surface area contributed by atoms with Crippen LogP contribution in [0.3, 0.4) is 0 Å². The van der Waals surface area contributed by atoms with Crippen molar-refractivity contribution in [2.24, 2.45) is 5.73 Å². The first-order valence-electron chi connectivity index (χ1n) is 4.62. The summed E-state index contributed by atoms with van der Waals surface area (Å²) in [5.74, 6) is 0. The number of hydrogen-bond donors (Lipinski definition) is 1. The minimum atomic E-state index is 0.234. The second-order valence-corrected chi connectivity index (χ2v) is 3.71. The smallest absolute Gasteiger partial charge is 0.0208 e. The topological polar surface area (TPSA) is 29.3 Å². The molecule has 0 heterocycles. The van der Waals surface area contributed by atoms with Crippen LogP contribution in [0.15, 0.2) is 30.3 Å². The molecule has 0 saturated heterocycles. The van der Waals surface area contributed by atoms with Crippen LogP contribution in [0, 0.1) is 0 Å². The molecule has 0 bridgehead atoms. The first-order chi connectivity index (χ1) is 6.18. The molecule has 0 aromatic heterocycles. The zero-order valence-corrected chi connectivity index (χ0v) is 8.40. The SMILES string of the molecule is CN(C)C[C@@H](N)Cc1ccccc1. The van der Waals surface area contributed by atoms with Crippen LogP contribution < -0.4 is 5.73 Å². The van der Waals surface area contributed by atoms with Crippen LogP contribution in [0.5, 0.6) is 0 Å². The Kier molecular flexibility index (Phi) is 3.93. The summed E-state index contributed by atoms with van der Waals surface area (Å²) in [5.41, 5.74) is 7.28. The molecule has 0 aliphatic heterocycles. The van der Waals surface area contributed by atoms with Gasteiger partial charge in [0.1, 0.15) is 0 Å². The lowest BCUT2D eigenvalue weighted by Crippen LogP contribution is -2.34. The van der Waals surface area contributed by atoms with Gasteiger partial charge in [0.05, 0.1) is 0 Å². The highest BCUT2D eigenvalue weighted by atomic mass is 15.1. The van der Waals surface area contributed by atoms with E-state index in [-0.39, 0.29) is 6.04 Å². The molecule has 1 atom stereocenters. The van der Waals surface area contributed by atoms with Crippen LogP contribution in [0.4, 0.5) is 0 Å². The van der Waals surface area contributed by atoms with Gasteiger partial charge in [-0.2, -0.15) is 0 Å². The average molecular weight is 178 g/mol. The third-order valence-electron chi connectivity index (χ3n) is 1.94. The van der Waals surface area contributed by atoms with E-state index in [1.165, 1.54) is 5.56 Å². The highest BCUT2D eigenvalue weighted by molar-refractivity contribution is 5.15. The fourth-order valence-electron chi connectivity index (χ4n) is 1.45. The van der Waals surface area contributed by atoms with Gasteiger partial charge in [0, 0.05) is 12.6 Å². The van der Waals surface area contributed by atoms with Gasteiger partial charge in [-0.25, -0.2) is 0 Å². The Balaban J connectivity index is 2.41. The summed E-state index contributed by atoms with van der Waals surface area (Å²) in [6, 6.07) is 10.6. The Morgan fingerprint density at radius 2 is 1.85 bits per heavy atom. The van der Waals surface area contributed by atoms with Crippen LogP contribution in [0.1, 0.15) is 5.56 Å². The Morgan fingerprint density at radius 3 is 2.38 bits per heavy atom. The molecular formula is C11H18N2. The summed E-state index contributed by atoms with van der Waals surface area (Å²) in [4.78, 5) is 2.12. The largest absolute Gasteiger partial charge is 0.326 e. The van der Waals surface area contributed by atoms with Crippen molar-refractivity contribution >= 4 is 0 Å². The Morgan fingerprint density at radius 1 is 1.23 bits per heavy atom. The van der Waals surface area contributed by atoms with Crippen molar-refractivity contribution in [2.75, 3.05) is 20.6 Å². The van der Waals surface area contributed by atoms with Gasteiger partial charge in [-0.05, 0) is 26.1 Å². The minimum absolute atomic E-state index is 0.234. The van der Waals surface area contributed by atoms with Gasteiger partial charge in [0.25, 0.3) is 0 Å². The van der Waals surface area contributed by atoms with E-state index in [4.69, 9.17) is 5.73 Å². The molecule has 0 aliphatic rings. The standard InChI is InChI=1S/C11H18N2/c1-13(2)9-11(12)8-10-6-4-3-5-7-10/h3-7,11H,8-9,12H2,1-2H3/t11-/m0/s1. The van der Waals surface area contributed by atoms with E-state index in [0.717, 1.165) is 13.0 Å². The zero-order chi connectivity index (χ0) is 9.68. The second kappa shape index (κ2) is 5.00. The lowest BCUT2D eigenvalue weighted by molar-refractivity contribution is 0.371. The molecule has 1 aromatic carbocycles. The van der Waals surface area contributed by atoms with Crippen molar-refractivity contribution < 1.29 is 0 Å². The summed E-state index contributed by atoms with van der Waals surface area (Å²) >= 11 is 0. The zero-order valence-electron chi connectivity index (χ0n) is 8.40. The van der Waals surface area contributed by atoms with Gasteiger partial charge in [0.15, 0.2) is 0 Å². The number of hydrogen-bond acceptors (Lipinski definition) is 2. The Bertz CT molecular complexity index is 231. The van der Waals surface area contributed by atoms with Gasteiger partial charge in [-0.1, -0.05) is 30.3 Å². The predicted molar refractivity (Wildman–Crippen MR) is 56.7 cm³/mol. The van der Waals surface area contributed by atoms with E-state index < -0.39 is 0 Å². The first-order valence-corrected chi connectivity index (χ1v) is 4.62. The van der Waals surface area contributed by atoms with Gasteiger partial charge in [0.2, 0.25) is 0 Å². The molecule has 1 aromatic rings. The molecule has 2 heteroatoms. The molecule has 0 unspecified atom stereocenters. The molecule has 0 aliphatic carbocycles. The summed E-state index contributed by atoms with van der Waals surface area (Å²) in [5, 5.41) is 0. The lowest BCUT2D eigenvalue weighted by atomic mass is 10.1. The molecule has 0 saturated carbocycles. The highest BCUT2D eigenvalue weighted by Crippen LogP contribution is 2.01. The fraction of sp³-hybridized carbons (Fsp3) is 0.455. The van der Waals surface area contributed by atoms with Crippen molar-refractivity contribution in [1.82, 2.24) is 4.90 Å². The molecule has 0 radical (unpaired) electrons. The Labute approximate surface area is 80.4 Å².